The Morgan fingerprint density at radius 2 is 1.83 bits per heavy atom. The van der Waals surface area contributed by atoms with E-state index in [4.69, 9.17) is 25.8 Å². The number of hydrogen-bond donors (Lipinski definition) is 0. The molecule has 1 aliphatic heterocycles. The summed E-state index contributed by atoms with van der Waals surface area (Å²) in [4.78, 5) is 11.1. The SMILES string of the molecule is CCOc1ccc(Oc2cc3c(cc2Cl)C=C(C(=O)[O-])C(C(F)(F)F)O3)cc1.[Na+]. The Bertz CT molecular complexity index is 929. The average molecular weight is 437 g/mol. The molecule has 29 heavy (non-hydrogen) atoms. The summed E-state index contributed by atoms with van der Waals surface area (Å²) in [6.07, 6.45) is -6.75. The minimum absolute atomic E-state index is 0. The molecular formula is C19H13ClF3NaO5. The van der Waals surface area contributed by atoms with E-state index in [0.29, 0.717) is 18.1 Å². The van der Waals surface area contributed by atoms with E-state index in [2.05, 4.69) is 0 Å². The molecule has 0 radical (unpaired) electrons. The molecule has 0 amide bonds. The predicted molar refractivity (Wildman–Crippen MR) is 92.6 cm³/mol. The largest absolute Gasteiger partial charge is 1.00 e. The number of alkyl halides is 3. The third-order valence-corrected chi connectivity index (χ3v) is 4.09. The topological polar surface area (TPSA) is 67.8 Å². The second kappa shape index (κ2) is 9.30. The molecule has 5 nitrogen and oxygen atoms in total. The maximum absolute atomic E-state index is 13.1. The number of carboxylic acid groups (broad SMARTS) is 1. The van der Waals surface area contributed by atoms with E-state index in [1.54, 1.807) is 24.3 Å². The fourth-order valence-electron chi connectivity index (χ4n) is 2.58. The standard InChI is InChI=1S/C19H14ClF3O5.Na/c1-2-26-11-3-5-12(6-4-11)27-16-9-15-10(8-14(16)20)7-13(18(24)25)17(28-15)19(21,22)23;/h3-9,17H,2H2,1H3,(H,24,25);/q;+1/p-1. The fraction of sp³-hybridized carbons (Fsp3) is 0.211. The zero-order valence-electron chi connectivity index (χ0n) is 15.4. The predicted octanol–water partition coefficient (Wildman–Crippen LogP) is 0.992. The molecule has 2 aromatic carbocycles. The van der Waals surface area contributed by atoms with Gasteiger partial charge in [-0.25, -0.2) is 0 Å². The van der Waals surface area contributed by atoms with Crippen molar-refractivity contribution in [3.05, 3.63) is 52.6 Å². The van der Waals surface area contributed by atoms with Gasteiger partial charge < -0.3 is 24.1 Å². The van der Waals surface area contributed by atoms with Gasteiger partial charge in [0.05, 0.1) is 17.6 Å². The summed E-state index contributed by atoms with van der Waals surface area (Å²) in [7, 11) is 0. The van der Waals surface area contributed by atoms with Gasteiger partial charge >= 0.3 is 35.7 Å². The second-order valence-corrected chi connectivity index (χ2v) is 6.16. The van der Waals surface area contributed by atoms with Crippen LogP contribution in [0.4, 0.5) is 13.2 Å². The van der Waals surface area contributed by atoms with Crippen LogP contribution in [-0.2, 0) is 4.79 Å². The Balaban J connectivity index is 0.00000300. The van der Waals surface area contributed by atoms with Crippen molar-refractivity contribution in [3.8, 4) is 23.0 Å². The first-order valence-electron chi connectivity index (χ1n) is 8.09. The monoisotopic (exact) mass is 436 g/mol. The molecule has 10 heteroatoms. The molecule has 0 aromatic heterocycles. The van der Waals surface area contributed by atoms with Crippen LogP contribution in [0.3, 0.4) is 0 Å². The number of rotatable bonds is 5. The van der Waals surface area contributed by atoms with E-state index in [1.165, 1.54) is 12.1 Å². The number of hydrogen-bond acceptors (Lipinski definition) is 5. The number of carbonyl (C=O) groups excluding carboxylic acids is 1. The van der Waals surface area contributed by atoms with Crippen molar-refractivity contribution in [1.29, 1.82) is 0 Å². The van der Waals surface area contributed by atoms with Gasteiger partial charge in [0.1, 0.15) is 23.0 Å². The Kier molecular flexibility index (Phi) is 7.50. The number of aliphatic carboxylic acids is 1. The number of carbonyl (C=O) groups is 1. The molecule has 1 unspecified atom stereocenters. The molecule has 2 aromatic rings. The van der Waals surface area contributed by atoms with Crippen LogP contribution in [0.15, 0.2) is 42.0 Å². The summed E-state index contributed by atoms with van der Waals surface area (Å²) in [5.41, 5.74) is -0.958. The summed E-state index contributed by atoms with van der Waals surface area (Å²) < 4.78 is 55.2. The van der Waals surface area contributed by atoms with Crippen molar-refractivity contribution in [2.45, 2.75) is 19.2 Å². The van der Waals surface area contributed by atoms with Gasteiger partial charge in [-0.1, -0.05) is 11.6 Å². The molecule has 0 saturated carbocycles. The van der Waals surface area contributed by atoms with Crippen molar-refractivity contribution in [2.24, 2.45) is 0 Å². The minimum Gasteiger partial charge on any atom is -0.545 e. The second-order valence-electron chi connectivity index (χ2n) is 5.75. The third kappa shape index (κ3) is 5.39. The Morgan fingerprint density at radius 3 is 2.38 bits per heavy atom. The van der Waals surface area contributed by atoms with E-state index in [-0.39, 0.29) is 51.6 Å². The molecule has 0 N–H and O–H groups in total. The summed E-state index contributed by atoms with van der Waals surface area (Å²) in [5, 5.41) is 11.1. The van der Waals surface area contributed by atoms with Crippen molar-refractivity contribution < 1.29 is 66.8 Å². The number of carboxylic acids is 1. The number of ether oxygens (including phenoxy) is 3. The summed E-state index contributed by atoms with van der Waals surface area (Å²) >= 11 is 6.13. The first-order chi connectivity index (χ1) is 13.2. The molecule has 1 atom stereocenters. The third-order valence-electron chi connectivity index (χ3n) is 3.80. The zero-order valence-corrected chi connectivity index (χ0v) is 18.1. The Hall–Kier alpha value is -1.87. The van der Waals surface area contributed by atoms with Crippen LogP contribution < -0.4 is 48.9 Å². The molecule has 0 bridgehead atoms. The summed E-state index contributed by atoms with van der Waals surface area (Å²) in [5.74, 6) is -1.13. The van der Waals surface area contributed by atoms with E-state index in [9.17, 15) is 23.1 Å². The maximum Gasteiger partial charge on any atom is 1.00 e. The van der Waals surface area contributed by atoms with Crippen LogP contribution in [-0.4, -0.2) is 24.9 Å². The Labute approximate surface area is 191 Å². The smallest absolute Gasteiger partial charge is 0.545 e. The van der Waals surface area contributed by atoms with Crippen LogP contribution in [0, 0.1) is 0 Å². The van der Waals surface area contributed by atoms with Gasteiger partial charge in [-0.3, -0.25) is 0 Å². The molecule has 0 saturated heterocycles. The number of halogens is 4. The quantitative estimate of drug-likeness (QED) is 0.654. The molecule has 0 fully saturated rings. The number of benzene rings is 2. The van der Waals surface area contributed by atoms with E-state index < -0.39 is 23.8 Å². The summed E-state index contributed by atoms with van der Waals surface area (Å²) in [6.45, 7) is 2.34. The zero-order chi connectivity index (χ0) is 20.5. The van der Waals surface area contributed by atoms with Gasteiger partial charge in [0.15, 0.2) is 0 Å². The van der Waals surface area contributed by atoms with Gasteiger partial charge in [-0.15, -0.1) is 0 Å². The molecule has 1 heterocycles. The van der Waals surface area contributed by atoms with Gasteiger partial charge in [-0.2, -0.15) is 13.2 Å². The van der Waals surface area contributed by atoms with Crippen molar-refractivity contribution in [2.75, 3.05) is 6.61 Å². The van der Waals surface area contributed by atoms with Gasteiger partial charge in [-0.05, 0) is 43.3 Å². The molecule has 3 rings (SSSR count). The molecule has 0 spiro atoms. The normalized spacial score (nSPS) is 15.3. The average Bonchev–Trinajstić information content (AvgIpc) is 2.62. The van der Waals surface area contributed by atoms with Crippen molar-refractivity contribution >= 4 is 23.6 Å². The molecular weight excluding hydrogens is 424 g/mol. The van der Waals surface area contributed by atoms with E-state index >= 15 is 0 Å². The Morgan fingerprint density at radius 1 is 1.21 bits per heavy atom. The molecule has 0 aliphatic carbocycles. The van der Waals surface area contributed by atoms with Crippen LogP contribution in [0.5, 0.6) is 23.0 Å². The van der Waals surface area contributed by atoms with Gasteiger partial charge in [0, 0.05) is 17.2 Å². The van der Waals surface area contributed by atoms with Crippen molar-refractivity contribution in [1.82, 2.24) is 0 Å². The minimum atomic E-state index is -4.93. The fourth-order valence-corrected chi connectivity index (χ4v) is 2.79. The first kappa shape index (κ1) is 23.4. The van der Waals surface area contributed by atoms with Crippen LogP contribution in [0.1, 0.15) is 12.5 Å². The van der Waals surface area contributed by atoms with Crippen LogP contribution in [0.25, 0.3) is 6.08 Å². The van der Waals surface area contributed by atoms with Crippen molar-refractivity contribution in [3.63, 3.8) is 0 Å². The summed E-state index contributed by atoms with van der Waals surface area (Å²) in [6, 6.07) is 8.97. The van der Waals surface area contributed by atoms with E-state index in [1.807, 2.05) is 6.92 Å². The molecule has 1 aliphatic rings. The maximum atomic E-state index is 13.1. The van der Waals surface area contributed by atoms with Crippen LogP contribution >= 0.6 is 11.6 Å². The van der Waals surface area contributed by atoms with Crippen LogP contribution in [0.2, 0.25) is 5.02 Å². The van der Waals surface area contributed by atoms with Gasteiger partial charge in [0.25, 0.3) is 0 Å². The van der Waals surface area contributed by atoms with E-state index in [0.717, 1.165) is 6.08 Å². The first-order valence-corrected chi connectivity index (χ1v) is 8.47. The number of fused-ring (bicyclic) bond motifs is 1. The molecule has 148 valence electrons. The van der Waals surface area contributed by atoms with Gasteiger partial charge in [0.2, 0.25) is 6.10 Å².